The van der Waals surface area contributed by atoms with Crippen LogP contribution in [0.2, 0.25) is 0 Å². The Morgan fingerprint density at radius 2 is 1.60 bits per heavy atom. The van der Waals surface area contributed by atoms with Crippen LogP contribution in [0.15, 0.2) is 24.3 Å². The fourth-order valence-electron chi connectivity index (χ4n) is 1.66. The van der Waals surface area contributed by atoms with Crippen molar-refractivity contribution in [3.05, 3.63) is 24.3 Å². The Balaban J connectivity index is 2.52. The summed E-state index contributed by atoms with van der Waals surface area (Å²) in [6.07, 6.45) is -0.174. The lowest BCUT2D eigenvalue weighted by Gasteiger charge is -2.20. The van der Waals surface area contributed by atoms with E-state index in [2.05, 4.69) is 10.6 Å². The molecule has 0 atom stereocenters. The fraction of sp³-hybridized carbons (Fsp3) is 0.467. The molecule has 5 nitrogen and oxygen atoms in total. The highest BCUT2D eigenvalue weighted by atomic mass is 16.2. The minimum absolute atomic E-state index is 0.174. The molecule has 0 bridgehead atoms. The molecule has 1 aromatic rings. The molecular weight excluding hydrogens is 254 g/mol. The van der Waals surface area contributed by atoms with Crippen molar-refractivity contribution in [3.8, 4) is 0 Å². The van der Waals surface area contributed by atoms with Crippen LogP contribution in [0, 0.1) is 0 Å². The standard InChI is InChI=1S/C15H23N3O2/c1-15(2,3)17-14(20)10-13(19)16-11-6-8-12(9-7-11)18(4)5/h6-9H,10H2,1-5H3,(H,16,19)(H,17,20). The van der Waals surface area contributed by atoms with Crippen LogP contribution in [0.4, 0.5) is 11.4 Å². The molecule has 110 valence electrons. The molecule has 2 N–H and O–H groups in total. The average Bonchev–Trinajstić information content (AvgIpc) is 2.26. The quantitative estimate of drug-likeness (QED) is 0.827. The molecule has 1 aromatic carbocycles. The summed E-state index contributed by atoms with van der Waals surface area (Å²) in [6, 6.07) is 7.44. The average molecular weight is 277 g/mol. The second kappa shape index (κ2) is 6.41. The van der Waals surface area contributed by atoms with Crippen LogP contribution in [0.5, 0.6) is 0 Å². The first kappa shape index (κ1) is 16.0. The van der Waals surface area contributed by atoms with E-state index in [1.54, 1.807) is 0 Å². The number of hydrogen-bond acceptors (Lipinski definition) is 3. The molecule has 0 aromatic heterocycles. The largest absolute Gasteiger partial charge is 0.378 e. The lowest BCUT2D eigenvalue weighted by molar-refractivity contribution is -0.127. The smallest absolute Gasteiger partial charge is 0.233 e. The number of carbonyl (C=O) groups excluding carboxylic acids is 2. The summed E-state index contributed by atoms with van der Waals surface area (Å²) >= 11 is 0. The van der Waals surface area contributed by atoms with Crippen LogP contribution in [-0.4, -0.2) is 31.4 Å². The molecule has 0 unspecified atom stereocenters. The molecule has 0 spiro atoms. The van der Waals surface area contributed by atoms with Crippen molar-refractivity contribution in [1.82, 2.24) is 5.32 Å². The number of nitrogens with zero attached hydrogens (tertiary/aromatic N) is 1. The van der Waals surface area contributed by atoms with Gasteiger partial charge in [-0.15, -0.1) is 0 Å². The van der Waals surface area contributed by atoms with Gasteiger partial charge in [-0.2, -0.15) is 0 Å². The van der Waals surface area contributed by atoms with E-state index in [9.17, 15) is 9.59 Å². The summed E-state index contributed by atoms with van der Waals surface area (Å²) in [5, 5.41) is 5.46. The van der Waals surface area contributed by atoms with Crippen molar-refractivity contribution in [2.45, 2.75) is 32.7 Å². The van der Waals surface area contributed by atoms with Gasteiger partial charge in [0, 0.05) is 31.0 Å². The van der Waals surface area contributed by atoms with Gasteiger partial charge in [-0.05, 0) is 45.0 Å². The van der Waals surface area contributed by atoms with E-state index in [-0.39, 0.29) is 23.8 Å². The first-order chi connectivity index (χ1) is 9.17. The molecule has 0 saturated carbocycles. The molecule has 0 heterocycles. The van der Waals surface area contributed by atoms with Crippen molar-refractivity contribution in [1.29, 1.82) is 0 Å². The SMILES string of the molecule is CN(C)c1ccc(NC(=O)CC(=O)NC(C)(C)C)cc1. The molecule has 0 aliphatic carbocycles. The van der Waals surface area contributed by atoms with Gasteiger partial charge in [0.1, 0.15) is 6.42 Å². The molecule has 0 saturated heterocycles. The molecule has 0 aliphatic heterocycles. The van der Waals surface area contributed by atoms with E-state index < -0.39 is 0 Å². The number of nitrogens with one attached hydrogen (secondary N) is 2. The van der Waals surface area contributed by atoms with Gasteiger partial charge in [0.25, 0.3) is 0 Å². The monoisotopic (exact) mass is 277 g/mol. The Labute approximate surface area is 120 Å². The Hall–Kier alpha value is -2.04. The molecule has 0 fully saturated rings. The molecule has 20 heavy (non-hydrogen) atoms. The summed E-state index contributed by atoms with van der Waals surface area (Å²) in [7, 11) is 3.90. The van der Waals surface area contributed by atoms with E-state index in [4.69, 9.17) is 0 Å². The number of rotatable bonds is 4. The van der Waals surface area contributed by atoms with E-state index in [0.717, 1.165) is 5.69 Å². The van der Waals surface area contributed by atoms with Gasteiger partial charge in [-0.3, -0.25) is 9.59 Å². The van der Waals surface area contributed by atoms with Crippen molar-refractivity contribution >= 4 is 23.2 Å². The molecule has 0 radical (unpaired) electrons. The van der Waals surface area contributed by atoms with Gasteiger partial charge in [-0.25, -0.2) is 0 Å². The first-order valence-corrected chi connectivity index (χ1v) is 6.55. The Morgan fingerprint density at radius 3 is 2.05 bits per heavy atom. The highest BCUT2D eigenvalue weighted by Crippen LogP contribution is 2.15. The minimum atomic E-state index is -0.329. The van der Waals surface area contributed by atoms with Crippen LogP contribution in [-0.2, 0) is 9.59 Å². The van der Waals surface area contributed by atoms with E-state index in [1.165, 1.54) is 0 Å². The van der Waals surface area contributed by atoms with E-state index in [0.29, 0.717) is 5.69 Å². The normalized spacial score (nSPS) is 10.8. The van der Waals surface area contributed by atoms with Gasteiger partial charge in [-0.1, -0.05) is 0 Å². The number of anilines is 2. The summed E-state index contributed by atoms with van der Waals surface area (Å²) in [5.74, 6) is -0.593. The number of carbonyl (C=O) groups is 2. The van der Waals surface area contributed by atoms with Crippen molar-refractivity contribution in [3.63, 3.8) is 0 Å². The third kappa shape index (κ3) is 5.73. The minimum Gasteiger partial charge on any atom is -0.378 e. The zero-order valence-electron chi connectivity index (χ0n) is 12.8. The Bertz CT molecular complexity index is 473. The van der Waals surface area contributed by atoms with Gasteiger partial charge >= 0.3 is 0 Å². The fourth-order valence-corrected chi connectivity index (χ4v) is 1.66. The molecule has 2 amide bonds. The van der Waals surface area contributed by atoms with Crippen LogP contribution >= 0.6 is 0 Å². The first-order valence-electron chi connectivity index (χ1n) is 6.55. The highest BCUT2D eigenvalue weighted by Gasteiger charge is 2.16. The predicted molar refractivity (Wildman–Crippen MR) is 81.9 cm³/mol. The molecule has 1 rings (SSSR count). The maximum Gasteiger partial charge on any atom is 0.233 e. The molecule has 5 heteroatoms. The highest BCUT2D eigenvalue weighted by molar-refractivity contribution is 6.03. The number of amides is 2. The maximum atomic E-state index is 11.7. The van der Waals surface area contributed by atoms with Gasteiger partial charge in [0.15, 0.2) is 0 Å². The lowest BCUT2D eigenvalue weighted by atomic mass is 10.1. The zero-order chi connectivity index (χ0) is 15.3. The van der Waals surface area contributed by atoms with Crippen LogP contribution in [0.25, 0.3) is 0 Å². The van der Waals surface area contributed by atoms with E-state index >= 15 is 0 Å². The van der Waals surface area contributed by atoms with Crippen LogP contribution < -0.4 is 15.5 Å². The third-order valence-corrected chi connectivity index (χ3v) is 2.50. The van der Waals surface area contributed by atoms with Crippen LogP contribution in [0.3, 0.4) is 0 Å². The van der Waals surface area contributed by atoms with Crippen molar-refractivity contribution in [2.24, 2.45) is 0 Å². The Kier molecular flexibility index (Phi) is 5.13. The second-order valence-corrected chi connectivity index (χ2v) is 5.96. The number of benzene rings is 1. The molecular formula is C15H23N3O2. The van der Waals surface area contributed by atoms with Crippen molar-refractivity contribution in [2.75, 3.05) is 24.3 Å². The maximum absolute atomic E-state index is 11.7. The van der Waals surface area contributed by atoms with Crippen LogP contribution in [0.1, 0.15) is 27.2 Å². The second-order valence-electron chi connectivity index (χ2n) is 5.96. The third-order valence-electron chi connectivity index (χ3n) is 2.50. The summed E-state index contributed by atoms with van der Waals surface area (Å²) < 4.78 is 0. The van der Waals surface area contributed by atoms with Gasteiger partial charge < -0.3 is 15.5 Å². The van der Waals surface area contributed by atoms with Gasteiger partial charge in [0.05, 0.1) is 0 Å². The van der Waals surface area contributed by atoms with E-state index in [1.807, 2.05) is 64.0 Å². The number of hydrogen-bond donors (Lipinski definition) is 2. The summed E-state index contributed by atoms with van der Waals surface area (Å²) in [6.45, 7) is 5.63. The zero-order valence-corrected chi connectivity index (χ0v) is 12.8. The topological polar surface area (TPSA) is 61.4 Å². The van der Waals surface area contributed by atoms with Gasteiger partial charge in [0.2, 0.25) is 11.8 Å². The van der Waals surface area contributed by atoms with Crippen molar-refractivity contribution < 1.29 is 9.59 Å². The summed E-state index contributed by atoms with van der Waals surface area (Å²) in [4.78, 5) is 25.3. The predicted octanol–water partition coefficient (Wildman–Crippen LogP) is 2.00. The summed E-state index contributed by atoms with van der Waals surface area (Å²) in [5.41, 5.74) is 1.41. The Morgan fingerprint density at radius 1 is 1.05 bits per heavy atom. The lowest BCUT2D eigenvalue weighted by Crippen LogP contribution is -2.41. The molecule has 0 aliphatic rings.